The van der Waals surface area contributed by atoms with E-state index in [0.29, 0.717) is 12.3 Å². The number of nitrogens with two attached hydrogens (primary N) is 1. The number of nitrogens with zero attached hydrogens (tertiary/aromatic N) is 1. The van der Waals surface area contributed by atoms with E-state index in [0.717, 1.165) is 22.2 Å². The molecule has 6 nitrogen and oxygen atoms in total. The van der Waals surface area contributed by atoms with Crippen molar-refractivity contribution in [3.05, 3.63) is 65.9 Å². The summed E-state index contributed by atoms with van der Waals surface area (Å²) in [6.07, 6.45) is 0.150. The van der Waals surface area contributed by atoms with Crippen LogP contribution in [0.4, 0.5) is 10.5 Å². The molecule has 3 aromatic rings. The molecule has 1 aromatic heterocycles. The van der Waals surface area contributed by atoms with Gasteiger partial charge in [-0.05, 0) is 30.7 Å². The molecule has 3 amide bonds. The van der Waals surface area contributed by atoms with Gasteiger partial charge in [0.15, 0.2) is 0 Å². The van der Waals surface area contributed by atoms with E-state index >= 15 is 0 Å². The fraction of sp³-hybridized carbons (Fsp3) is 0.200. The van der Waals surface area contributed by atoms with E-state index in [-0.39, 0.29) is 18.9 Å². The Morgan fingerprint density at radius 3 is 2.58 bits per heavy atom. The highest BCUT2D eigenvalue weighted by Crippen LogP contribution is 2.25. The lowest BCUT2D eigenvalue weighted by Crippen LogP contribution is -2.36. The van der Waals surface area contributed by atoms with Gasteiger partial charge >= 0.3 is 6.03 Å². The van der Waals surface area contributed by atoms with E-state index in [4.69, 9.17) is 10.2 Å². The Morgan fingerprint density at radius 2 is 1.85 bits per heavy atom. The van der Waals surface area contributed by atoms with Crippen molar-refractivity contribution in [1.29, 1.82) is 0 Å². The first-order valence-corrected chi connectivity index (χ1v) is 8.41. The predicted molar refractivity (Wildman–Crippen MR) is 101 cm³/mol. The average molecular weight is 351 g/mol. The molecular weight excluding hydrogens is 330 g/mol. The van der Waals surface area contributed by atoms with Crippen LogP contribution in [-0.2, 0) is 11.3 Å². The summed E-state index contributed by atoms with van der Waals surface area (Å²) in [5.41, 5.74) is 7.66. The van der Waals surface area contributed by atoms with Gasteiger partial charge in [0, 0.05) is 24.0 Å². The zero-order chi connectivity index (χ0) is 18.5. The number of aryl methyl sites for hydroxylation is 1. The van der Waals surface area contributed by atoms with E-state index in [2.05, 4.69) is 5.32 Å². The lowest BCUT2D eigenvalue weighted by Gasteiger charge is -2.23. The molecule has 0 aliphatic rings. The molecule has 134 valence electrons. The number of anilines is 1. The van der Waals surface area contributed by atoms with Crippen molar-refractivity contribution in [2.75, 3.05) is 11.4 Å². The van der Waals surface area contributed by atoms with E-state index < -0.39 is 6.03 Å². The van der Waals surface area contributed by atoms with Crippen LogP contribution in [0.25, 0.3) is 11.0 Å². The Hall–Kier alpha value is -3.28. The van der Waals surface area contributed by atoms with Crippen LogP contribution in [0.2, 0.25) is 0 Å². The molecule has 26 heavy (non-hydrogen) atoms. The second-order valence-corrected chi connectivity index (χ2v) is 6.06. The first-order chi connectivity index (χ1) is 12.5. The van der Waals surface area contributed by atoms with Crippen molar-refractivity contribution in [1.82, 2.24) is 5.32 Å². The van der Waals surface area contributed by atoms with Crippen molar-refractivity contribution < 1.29 is 14.0 Å². The standard InChI is InChI=1S/C20H21N3O3/c1-14-6-2-4-8-17(14)23(19(24)10-11-22-20(21)25)13-16-12-15-7-3-5-9-18(15)26-16/h2-9,12H,10-11,13H2,1H3,(H3,21,22,25). The van der Waals surface area contributed by atoms with Gasteiger partial charge in [-0.2, -0.15) is 0 Å². The van der Waals surface area contributed by atoms with E-state index in [1.165, 1.54) is 0 Å². The van der Waals surface area contributed by atoms with Crippen LogP contribution in [0.15, 0.2) is 59.0 Å². The monoisotopic (exact) mass is 351 g/mol. The van der Waals surface area contributed by atoms with Gasteiger partial charge in [0.25, 0.3) is 0 Å². The molecule has 0 saturated heterocycles. The summed E-state index contributed by atoms with van der Waals surface area (Å²) >= 11 is 0. The smallest absolute Gasteiger partial charge is 0.312 e. The number of fused-ring (bicyclic) bond motifs is 1. The molecule has 0 aliphatic heterocycles. The third-order valence-corrected chi connectivity index (χ3v) is 4.14. The summed E-state index contributed by atoms with van der Waals surface area (Å²) in [5, 5.41) is 3.45. The van der Waals surface area contributed by atoms with Crippen LogP contribution >= 0.6 is 0 Å². The summed E-state index contributed by atoms with van der Waals surface area (Å²) in [5.74, 6) is 0.583. The minimum absolute atomic E-state index is 0.117. The predicted octanol–water partition coefficient (Wildman–Crippen LogP) is 3.33. The van der Waals surface area contributed by atoms with Crippen LogP contribution in [0.3, 0.4) is 0 Å². The lowest BCUT2D eigenvalue weighted by molar-refractivity contribution is -0.118. The number of carbonyl (C=O) groups excluding carboxylic acids is 2. The van der Waals surface area contributed by atoms with Gasteiger partial charge < -0.3 is 20.4 Å². The summed E-state index contributed by atoms with van der Waals surface area (Å²) in [7, 11) is 0. The molecule has 0 spiro atoms. The van der Waals surface area contributed by atoms with Crippen LogP contribution in [0.5, 0.6) is 0 Å². The Labute approximate surface area is 151 Å². The van der Waals surface area contributed by atoms with Crippen LogP contribution in [0.1, 0.15) is 17.7 Å². The number of primary amides is 1. The number of amides is 3. The van der Waals surface area contributed by atoms with Gasteiger partial charge in [-0.25, -0.2) is 4.79 Å². The SMILES string of the molecule is Cc1ccccc1N(Cc1cc2ccccc2o1)C(=O)CCNC(N)=O. The molecule has 0 radical (unpaired) electrons. The zero-order valence-corrected chi connectivity index (χ0v) is 14.6. The Balaban J connectivity index is 1.86. The Kier molecular flexibility index (Phi) is 5.22. The highest BCUT2D eigenvalue weighted by molar-refractivity contribution is 5.94. The lowest BCUT2D eigenvalue weighted by atomic mass is 10.1. The van der Waals surface area contributed by atoms with Crippen molar-refractivity contribution in [3.8, 4) is 0 Å². The minimum Gasteiger partial charge on any atom is -0.459 e. The average Bonchev–Trinajstić information content (AvgIpc) is 3.02. The number of furan rings is 1. The van der Waals surface area contributed by atoms with E-state index in [9.17, 15) is 9.59 Å². The molecule has 3 rings (SSSR count). The Bertz CT molecular complexity index is 900. The topological polar surface area (TPSA) is 88.6 Å². The molecule has 0 bridgehead atoms. The first kappa shape index (κ1) is 17.5. The Morgan fingerprint density at radius 1 is 1.12 bits per heavy atom. The summed E-state index contributed by atoms with van der Waals surface area (Å²) < 4.78 is 5.87. The first-order valence-electron chi connectivity index (χ1n) is 8.41. The maximum Gasteiger partial charge on any atom is 0.312 e. The summed E-state index contributed by atoms with van der Waals surface area (Å²) in [6.45, 7) is 2.46. The number of urea groups is 1. The van der Waals surface area contributed by atoms with Gasteiger partial charge in [0.2, 0.25) is 5.91 Å². The molecule has 1 heterocycles. The number of hydrogen-bond acceptors (Lipinski definition) is 3. The zero-order valence-electron chi connectivity index (χ0n) is 14.6. The fourth-order valence-corrected chi connectivity index (χ4v) is 2.87. The van der Waals surface area contributed by atoms with E-state index in [1.807, 2.05) is 61.5 Å². The number of hydrogen-bond donors (Lipinski definition) is 2. The molecule has 0 saturated carbocycles. The third kappa shape index (κ3) is 4.03. The molecule has 0 fully saturated rings. The molecular formula is C20H21N3O3. The number of nitrogens with one attached hydrogen (secondary N) is 1. The molecule has 2 aromatic carbocycles. The third-order valence-electron chi connectivity index (χ3n) is 4.14. The highest BCUT2D eigenvalue weighted by atomic mass is 16.3. The number of carbonyl (C=O) groups is 2. The van der Waals surface area contributed by atoms with Gasteiger partial charge in [-0.1, -0.05) is 36.4 Å². The number of benzene rings is 2. The minimum atomic E-state index is -0.641. The van der Waals surface area contributed by atoms with Gasteiger partial charge in [-0.3, -0.25) is 4.79 Å². The van der Waals surface area contributed by atoms with Gasteiger partial charge in [-0.15, -0.1) is 0 Å². The van der Waals surface area contributed by atoms with Crippen LogP contribution < -0.4 is 16.0 Å². The second-order valence-electron chi connectivity index (χ2n) is 6.06. The molecule has 6 heteroatoms. The largest absolute Gasteiger partial charge is 0.459 e. The fourth-order valence-electron chi connectivity index (χ4n) is 2.87. The van der Waals surface area contributed by atoms with E-state index in [1.54, 1.807) is 4.90 Å². The van der Waals surface area contributed by atoms with Gasteiger partial charge in [0.1, 0.15) is 11.3 Å². The van der Waals surface area contributed by atoms with Gasteiger partial charge in [0.05, 0.1) is 6.54 Å². The van der Waals surface area contributed by atoms with Crippen molar-refractivity contribution >= 4 is 28.6 Å². The maximum atomic E-state index is 12.8. The molecule has 3 N–H and O–H groups in total. The molecule has 0 atom stereocenters. The second kappa shape index (κ2) is 7.74. The highest BCUT2D eigenvalue weighted by Gasteiger charge is 2.19. The van der Waals surface area contributed by atoms with Crippen LogP contribution in [-0.4, -0.2) is 18.5 Å². The van der Waals surface area contributed by atoms with Crippen molar-refractivity contribution in [2.24, 2.45) is 5.73 Å². The van der Waals surface area contributed by atoms with Crippen LogP contribution in [0, 0.1) is 6.92 Å². The molecule has 0 aliphatic carbocycles. The molecule has 0 unspecified atom stereocenters. The van der Waals surface area contributed by atoms with Crippen molar-refractivity contribution in [3.63, 3.8) is 0 Å². The van der Waals surface area contributed by atoms with Crippen molar-refractivity contribution in [2.45, 2.75) is 19.9 Å². The summed E-state index contributed by atoms with van der Waals surface area (Å²) in [6, 6.07) is 16.7. The number of para-hydroxylation sites is 2. The number of rotatable bonds is 6. The normalized spacial score (nSPS) is 10.7. The quantitative estimate of drug-likeness (QED) is 0.714. The summed E-state index contributed by atoms with van der Waals surface area (Å²) in [4.78, 5) is 25.3. The maximum absolute atomic E-state index is 12.8.